The number of para-hydroxylation sites is 1. The molecule has 4 rings (SSSR count). The fourth-order valence-electron chi connectivity index (χ4n) is 4.17. The topological polar surface area (TPSA) is 34.9 Å². The molecule has 1 aliphatic carbocycles. The van der Waals surface area contributed by atoms with Gasteiger partial charge in [-0.3, -0.25) is 9.36 Å². The molecule has 0 fully saturated rings. The second-order valence-electron chi connectivity index (χ2n) is 8.04. The highest BCUT2D eigenvalue weighted by molar-refractivity contribution is 7.99. The molecule has 150 valence electrons. The Morgan fingerprint density at radius 2 is 1.79 bits per heavy atom. The van der Waals surface area contributed by atoms with Crippen LogP contribution in [-0.2, 0) is 11.8 Å². The van der Waals surface area contributed by atoms with Crippen LogP contribution < -0.4 is 5.56 Å². The summed E-state index contributed by atoms with van der Waals surface area (Å²) in [6.45, 7) is 6.58. The second kappa shape index (κ2) is 8.19. The van der Waals surface area contributed by atoms with Crippen molar-refractivity contribution in [2.24, 2.45) is 0 Å². The zero-order valence-corrected chi connectivity index (χ0v) is 18.3. The van der Waals surface area contributed by atoms with Crippen molar-refractivity contribution in [3.05, 3.63) is 76.1 Å². The number of hydrogen-bond donors (Lipinski definition) is 0. The van der Waals surface area contributed by atoms with Crippen LogP contribution in [0, 0.1) is 0 Å². The van der Waals surface area contributed by atoms with E-state index in [1.807, 2.05) is 41.0 Å². The highest BCUT2D eigenvalue weighted by Crippen LogP contribution is 2.43. The average molecular weight is 405 g/mol. The maximum atomic E-state index is 14.0. The molecule has 3 nitrogen and oxygen atoms in total. The molecule has 1 aliphatic rings. The van der Waals surface area contributed by atoms with Gasteiger partial charge in [-0.2, -0.15) is 0 Å². The molecule has 0 saturated heterocycles. The summed E-state index contributed by atoms with van der Waals surface area (Å²) in [6.07, 6.45) is 4.02. The van der Waals surface area contributed by atoms with Crippen LogP contribution in [0.2, 0.25) is 0 Å². The number of nitrogens with zero attached hydrogens (tertiary/aromatic N) is 2. The lowest BCUT2D eigenvalue weighted by Gasteiger charge is -2.35. The molecule has 1 aromatic heterocycles. The minimum absolute atomic E-state index is 0.0825. The maximum Gasteiger partial charge on any atom is 0.263 e. The lowest BCUT2D eigenvalue weighted by molar-refractivity contribution is 0.435. The Morgan fingerprint density at radius 3 is 2.52 bits per heavy atom. The van der Waals surface area contributed by atoms with Crippen LogP contribution in [0.4, 0.5) is 0 Å². The van der Waals surface area contributed by atoms with Crippen molar-refractivity contribution in [3.63, 3.8) is 0 Å². The highest BCUT2D eigenvalue weighted by atomic mass is 32.2. The number of rotatable bonds is 6. The number of hydrogen-bond acceptors (Lipinski definition) is 3. The van der Waals surface area contributed by atoms with Crippen LogP contribution >= 0.6 is 11.8 Å². The number of benzene rings is 2. The molecule has 3 aromatic rings. The van der Waals surface area contributed by atoms with Crippen LogP contribution in [0.5, 0.6) is 0 Å². The summed E-state index contributed by atoms with van der Waals surface area (Å²) < 4.78 is 1.83. The van der Waals surface area contributed by atoms with Gasteiger partial charge in [0.1, 0.15) is 0 Å². The summed E-state index contributed by atoms with van der Waals surface area (Å²) in [5.41, 5.74) is 4.91. The van der Waals surface area contributed by atoms with Crippen LogP contribution in [-0.4, -0.2) is 15.3 Å². The lowest BCUT2D eigenvalue weighted by Crippen LogP contribution is -2.39. The van der Waals surface area contributed by atoms with Gasteiger partial charge in [0.2, 0.25) is 0 Å². The predicted octanol–water partition coefficient (Wildman–Crippen LogP) is 6.02. The Kier molecular flexibility index (Phi) is 5.64. The largest absolute Gasteiger partial charge is 0.268 e. The Morgan fingerprint density at radius 1 is 1.07 bits per heavy atom. The lowest BCUT2D eigenvalue weighted by atomic mass is 9.69. The van der Waals surface area contributed by atoms with Crippen molar-refractivity contribution in [2.45, 2.75) is 57.0 Å². The molecule has 2 aromatic carbocycles. The molecule has 29 heavy (non-hydrogen) atoms. The molecule has 1 heterocycles. The first-order valence-electron chi connectivity index (χ1n) is 10.5. The van der Waals surface area contributed by atoms with E-state index in [9.17, 15) is 4.79 Å². The smallest absolute Gasteiger partial charge is 0.263 e. The Balaban J connectivity index is 2.01. The fraction of sp³-hybridized carbons (Fsp3) is 0.360. The Labute approximate surface area is 177 Å². The Hall–Kier alpha value is -2.33. The number of unbranched alkanes of at least 4 members (excludes halogenated alkanes) is 1. The molecule has 4 heteroatoms. The number of aromatic nitrogens is 2. The van der Waals surface area contributed by atoms with E-state index < -0.39 is 0 Å². The third-order valence-electron chi connectivity index (χ3n) is 6.03. The van der Waals surface area contributed by atoms with Crippen molar-refractivity contribution in [2.75, 3.05) is 5.75 Å². The summed E-state index contributed by atoms with van der Waals surface area (Å²) in [4.78, 5) is 19.1. The number of fused-ring (bicyclic) bond motifs is 3. The molecular weight excluding hydrogens is 376 g/mol. The first kappa shape index (κ1) is 20.0. The highest BCUT2D eigenvalue weighted by Gasteiger charge is 2.38. The van der Waals surface area contributed by atoms with Gasteiger partial charge in [-0.25, -0.2) is 4.98 Å². The van der Waals surface area contributed by atoms with Gasteiger partial charge in [-0.05, 0) is 37.0 Å². The molecule has 0 saturated carbocycles. The molecule has 0 amide bonds. The van der Waals surface area contributed by atoms with Crippen molar-refractivity contribution < 1.29 is 0 Å². The molecule has 0 spiro atoms. The summed E-state index contributed by atoms with van der Waals surface area (Å²) in [5.74, 6) is 0.960. The van der Waals surface area contributed by atoms with Gasteiger partial charge in [0.05, 0.1) is 16.9 Å². The normalized spacial score (nSPS) is 17.6. The van der Waals surface area contributed by atoms with Crippen molar-refractivity contribution in [3.8, 4) is 16.9 Å². The molecule has 0 radical (unpaired) electrons. The minimum atomic E-state index is -0.211. The van der Waals surface area contributed by atoms with Gasteiger partial charge in [0.15, 0.2) is 5.16 Å². The summed E-state index contributed by atoms with van der Waals surface area (Å²) >= 11 is 1.69. The zero-order valence-electron chi connectivity index (χ0n) is 17.4. The van der Waals surface area contributed by atoms with Gasteiger partial charge in [-0.1, -0.05) is 81.4 Å². The zero-order chi connectivity index (χ0) is 20.4. The van der Waals surface area contributed by atoms with Crippen molar-refractivity contribution >= 4 is 11.8 Å². The molecule has 0 N–H and O–H groups in total. The Bertz CT molecular complexity index is 1070. The SMILES string of the molecule is CCCCSc1nc2c(c(=O)n1-c1ccccc1)[C@@](C)(CC)Cc1ccccc1-2. The predicted molar refractivity (Wildman–Crippen MR) is 122 cm³/mol. The standard InChI is InChI=1S/C25H28N2OS/c1-4-6-16-29-24-26-22-20-15-11-10-12-18(20)17-25(3,5-2)21(22)23(28)27(24)19-13-8-7-9-14-19/h7-15H,4-6,16-17H2,1-3H3/t25-/m0/s1. The molecule has 0 aliphatic heterocycles. The molecular formula is C25H28N2OS. The van der Waals surface area contributed by atoms with Gasteiger partial charge < -0.3 is 0 Å². The first-order valence-corrected chi connectivity index (χ1v) is 11.5. The van der Waals surface area contributed by atoms with E-state index in [0.29, 0.717) is 0 Å². The van der Waals surface area contributed by atoms with E-state index >= 15 is 0 Å². The summed E-state index contributed by atoms with van der Waals surface area (Å²) in [7, 11) is 0. The van der Waals surface area contributed by atoms with E-state index in [0.717, 1.165) is 59.1 Å². The summed E-state index contributed by atoms with van der Waals surface area (Å²) in [6, 6.07) is 18.4. The van der Waals surface area contributed by atoms with E-state index in [4.69, 9.17) is 4.98 Å². The number of thioether (sulfide) groups is 1. The van der Waals surface area contributed by atoms with Gasteiger partial charge in [-0.15, -0.1) is 0 Å². The van der Waals surface area contributed by atoms with Gasteiger partial charge in [0.25, 0.3) is 5.56 Å². The quantitative estimate of drug-likeness (QED) is 0.286. The van der Waals surface area contributed by atoms with Crippen LogP contribution in [0.3, 0.4) is 0 Å². The molecule has 0 unspecified atom stereocenters. The average Bonchev–Trinajstić information content (AvgIpc) is 2.74. The third kappa shape index (κ3) is 3.55. The monoisotopic (exact) mass is 404 g/mol. The van der Waals surface area contributed by atoms with Crippen molar-refractivity contribution in [1.82, 2.24) is 9.55 Å². The van der Waals surface area contributed by atoms with Crippen LogP contribution in [0.1, 0.15) is 51.2 Å². The van der Waals surface area contributed by atoms with Crippen LogP contribution in [0.25, 0.3) is 16.9 Å². The maximum absolute atomic E-state index is 14.0. The van der Waals surface area contributed by atoms with E-state index in [1.54, 1.807) is 11.8 Å². The minimum Gasteiger partial charge on any atom is -0.268 e. The van der Waals surface area contributed by atoms with E-state index in [-0.39, 0.29) is 11.0 Å². The second-order valence-corrected chi connectivity index (χ2v) is 9.11. The molecule has 1 atom stereocenters. The van der Waals surface area contributed by atoms with E-state index in [2.05, 4.69) is 39.0 Å². The third-order valence-corrected chi connectivity index (χ3v) is 7.06. The van der Waals surface area contributed by atoms with E-state index in [1.165, 1.54) is 5.56 Å². The summed E-state index contributed by atoms with van der Waals surface area (Å²) in [5, 5.41) is 0.795. The van der Waals surface area contributed by atoms with Gasteiger partial charge in [0, 0.05) is 16.7 Å². The van der Waals surface area contributed by atoms with Crippen molar-refractivity contribution in [1.29, 1.82) is 0 Å². The van der Waals surface area contributed by atoms with Crippen LogP contribution in [0.15, 0.2) is 64.5 Å². The molecule has 0 bridgehead atoms. The van der Waals surface area contributed by atoms with Gasteiger partial charge >= 0.3 is 0 Å². The fourth-order valence-corrected chi connectivity index (χ4v) is 5.25. The first-order chi connectivity index (χ1) is 14.1.